The number of pyridine rings is 1. The average molecular weight is 363 g/mol. The second-order valence-electron chi connectivity index (χ2n) is 3.77. The Labute approximate surface area is 126 Å². The number of hydrogen-bond acceptors (Lipinski definition) is 3. The van der Waals surface area contributed by atoms with Gasteiger partial charge in [-0.15, -0.1) is 0 Å². The number of aromatic nitrogens is 1. The summed E-state index contributed by atoms with van der Waals surface area (Å²) in [7, 11) is 0. The highest BCUT2D eigenvalue weighted by Crippen LogP contribution is 2.25. The molecule has 1 aromatic heterocycles. The second-order valence-corrected chi connectivity index (χ2v) is 5.03. The highest BCUT2D eigenvalue weighted by Gasteiger charge is 2.16. The summed E-state index contributed by atoms with van der Waals surface area (Å²) in [6, 6.07) is 4.57. The highest BCUT2D eigenvalue weighted by atomic mass is 79.9. The lowest BCUT2D eigenvalue weighted by Gasteiger charge is -2.08. The normalized spacial score (nSPS) is 10.4. The van der Waals surface area contributed by atoms with Crippen LogP contribution in [0, 0.1) is 11.6 Å². The quantitative estimate of drug-likeness (QED) is 0.802. The van der Waals surface area contributed by atoms with Crippen molar-refractivity contribution in [1.82, 2.24) is 4.98 Å². The van der Waals surface area contributed by atoms with Gasteiger partial charge in [0.25, 0.3) is 5.91 Å². The number of hydrogen-bond donors (Lipinski definition) is 2. The summed E-state index contributed by atoms with van der Waals surface area (Å²) in [5.74, 6) is -2.35. The van der Waals surface area contributed by atoms with Crippen LogP contribution in [0.15, 0.2) is 28.7 Å². The van der Waals surface area contributed by atoms with Gasteiger partial charge in [-0.25, -0.2) is 13.8 Å². The summed E-state index contributed by atoms with van der Waals surface area (Å²) in [6.45, 7) is 0. The van der Waals surface area contributed by atoms with Gasteiger partial charge in [0.1, 0.15) is 23.1 Å². The third-order valence-corrected chi connectivity index (χ3v) is 3.25. The van der Waals surface area contributed by atoms with Crippen molar-refractivity contribution in [2.24, 2.45) is 0 Å². The number of amides is 1. The van der Waals surface area contributed by atoms with Crippen LogP contribution >= 0.6 is 27.5 Å². The minimum absolute atomic E-state index is 0.0147. The first-order valence-corrected chi connectivity index (χ1v) is 6.43. The molecular weight excluding hydrogens is 356 g/mol. The molecule has 0 bridgehead atoms. The lowest BCUT2D eigenvalue weighted by molar-refractivity contribution is 0.102. The van der Waals surface area contributed by atoms with Crippen molar-refractivity contribution >= 4 is 44.9 Å². The number of rotatable bonds is 2. The monoisotopic (exact) mass is 361 g/mol. The first kappa shape index (κ1) is 14.7. The molecule has 0 aliphatic heterocycles. The van der Waals surface area contributed by atoms with Gasteiger partial charge in [-0.05, 0) is 34.1 Å². The Morgan fingerprint density at radius 2 is 2.00 bits per heavy atom. The van der Waals surface area contributed by atoms with Crippen LogP contribution in [0.25, 0.3) is 0 Å². The van der Waals surface area contributed by atoms with Crippen molar-refractivity contribution in [2.45, 2.75) is 0 Å². The van der Waals surface area contributed by atoms with Crippen LogP contribution in [0.5, 0.6) is 0 Å². The smallest absolute Gasteiger partial charge is 0.275 e. The molecule has 0 radical (unpaired) electrons. The van der Waals surface area contributed by atoms with E-state index >= 15 is 0 Å². The average Bonchev–Trinajstić information content (AvgIpc) is 2.38. The molecule has 3 N–H and O–H groups in total. The fourth-order valence-corrected chi connectivity index (χ4v) is 1.95. The number of nitrogens with two attached hydrogens (primary N) is 1. The van der Waals surface area contributed by atoms with Crippen molar-refractivity contribution in [3.63, 3.8) is 0 Å². The maximum absolute atomic E-state index is 13.5. The maximum Gasteiger partial charge on any atom is 0.275 e. The van der Waals surface area contributed by atoms with Crippen LogP contribution in [-0.4, -0.2) is 10.9 Å². The van der Waals surface area contributed by atoms with Gasteiger partial charge in [0, 0.05) is 6.07 Å². The van der Waals surface area contributed by atoms with Gasteiger partial charge in [0.15, 0.2) is 0 Å². The Kier molecular flexibility index (Phi) is 4.20. The van der Waals surface area contributed by atoms with Crippen molar-refractivity contribution < 1.29 is 13.6 Å². The molecule has 1 heterocycles. The standard InChI is InChI=1S/C12H7BrClF2N3O/c13-5-3-9(8(16)4-7(5)15)18-12(20)11-6(14)1-2-10(17)19-11/h1-4H,(H2,17,19)(H,18,20). The number of nitrogens with one attached hydrogen (secondary N) is 1. The van der Waals surface area contributed by atoms with E-state index in [4.69, 9.17) is 17.3 Å². The summed E-state index contributed by atoms with van der Waals surface area (Å²) in [5.41, 5.74) is 5.10. The molecule has 0 saturated carbocycles. The summed E-state index contributed by atoms with van der Waals surface area (Å²) in [6.07, 6.45) is 0. The Morgan fingerprint density at radius 1 is 1.30 bits per heavy atom. The minimum Gasteiger partial charge on any atom is -0.384 e. The second kappa shape index (κ2) is 5.72. The zero-order valence-corrected chi connectivity index (χ0v) is 12.1. The Balaban J connectivity index is 2.32. The van der Waals surface area contributed by atoms with Crippen molar-refractivity contribution in [3.8, 4) is 0 Å². The largest absolute Gasteiger partial charge is 0.384 e. The molecule has 1 aromatic carbocycles. The number of carbonyl (C=O) groups excluding carboxylic acids is 1. The summed E-state index contributed by atoms with van der Waals surface area (Å²) >= 11 is 8.71. The fraction of sp³-hybridized carbons (Fsp3) is 0. The van der Waals surface area contributed by atoms with Gasteiger partial charge < -0.3 is 11.1 Å². The summed E-state index contributed by atoms with van der Waals surface area (Å²) in [4.78, 5) is 15.7. The van der Waals surface area contributed by atoms with Crippen LogP contribution in [0.4, 0.5) is 20.3 Å². The van der Waals surface area contributed by atoms with Crippen molar-refractivity contribution in [3.05, 3.63) is 51.1 Å². The summed E-state index contributed by atoms with van der Waals surface area (Å²) in [5, 5.41) is 2.32. The molecule has 0 spiro atoms. The first-order valence-electron chi connectivity index (χ1n) is 5.26. The molecule has 0 fully saturated rings. The van der Waals surface area contributed by atoms with Crippen LogP contribution in [0.3, 0.4) is 0 Å². The zero-order valence-electron chi connectivity index (χ0n) is 9.75. The Bertz CT molecular complexity index is 697. The fourth-order valence-electron chi connectivity index (χ4n) is 1.42. The van der Waals surface area contributed by atoms with Crippen LogP contribution in [0.1, 0.15) is 10.5 Å². The van der Waals surface area contributed by atoms with Gasteiger partial charge in [0.2, 0.25) is 0 Å². The lowest BCUT2D eigenvalue weighted by atomic mass is 10.2. The van der Waals surface area contributed by atoms with E-state index < -0.39 is 17.5 Å². The van der Waals surface area contributed by atoms with E-state index in [1.54, 1.807) is 0 Å². The number of nitrogens with zero attached hydrogens (tertiary/aromatic N) is 1. The maximum atomic E-state index is 13.5. The molecule has 8 heteroatoms. The van der Waals surface area contributed by atoms with E-state index in [0.717, 1.165) is 6.07 Å². The third kappa shape index (κ3) is 3.05. The van der Waals surface area contributed by atoms with Gasteiger partial charge in [0.05, 0.1) is 15.2 Å². The molecule has 0 aliphatic carbocycles. The first-order chi connectivity index (χ1) is 9.38. The van der Waals surface area contributed by atoms with Crippen LogP contribution < -0.4 is 11.1 Å². The van der Waals surface area contributed by atoms with E-state index in [9.17, 15) is 13.6 Å². The van der Waals surface area contributed by atoms with Crippen LogP contribution in [0.2, 0.25) is 5.02 Å². The molecule has 0 atom stereocenters. The molecule has 20 heavy (non-hydrogen) atoms. The zero-order chi connectivity index (χ0) is 14.9. The van der Waals surface area contributed by atoms with Gasteiger partial charge in [-0.3, -0.25) is 4.79 Å². The van der Waals surface area contributed by atoms with Gasteiger partial charge in [-0.1, -0.05) is 11.6 Å². The summed E-state index contributed by atoms with van der Waals surface area (Å²) < 4.78 is 26.6. The highest BCUT2D eigenvalue weighted by molar-refractivity contribution is 9.10. The van der Waals surface area contributed by atoms with Gasteiger partial charge >= 0.3 is 0 Å². The number of halogens is 4. The number of nitrogen functional groups attached to an aromatic ring is 1. The molecule has 1 amide bonds. The molecule has 2 rings (SSSR count). The molecule has 104 valence electrons. The number of carbonyl (C=O) groups is 1. The molecular formula is C12H7BrClF2N3O. The van der Waals surface area contributed by atoms with Crippen LogP contribution in [-0.2, 0) is 0 Å². The molecule has 4 nitrogen and oxygen atoms in total. The minimum atomic E-state index is -0.918. The van der Waals surface area contributed by atoms with E-state index in [1.807, 2.05) is 0 Å². The predicted octanol–water partition coefficient (Wildman–Crippen LogP) is 3.61. The predicted molar refractivity (Wildman–Crippen MR) is 75.7 cm³/mol. The molecule has 0 aliphatic rings. The third-order valence-electron chi connectivity index (χ3n) is 2.34. The van der Waals surface area contributed by atoms with E-state index in [2.05, 4.69) is 26.2 Å². The van der Waals surface area contributed by atoms with Gasteiger partial charge in [-0.2, -0.15) is 0 Å². The van der Waals surface area contributed by atoms with E-state index in [1.165, 1.54) is 12.1 Å². The SMILES string of the molecule is Nc1ccc(Cl)c(C(=O)Nc2cc(Br)c(F)cc2F)n1. The topological polar surface area (TPSA) is 68.0 Å². The van der Waals surface area contributed by atoms with E-state index in [-0.39, 0.29) is 26.7 Å². The number of benzene rings is 1. The lowest BCUT2D eigenvalue weighted by Crippen LogP contribution is -2.16. The number of anilines is 2. The van der Waals surface area contributed by atoms with E-state index in [0.29, 0.717) is 6.07 Å². The van der Waals surface area contributed by atoms with Crippen molar-refractivity contribution in [2.75, 3.05) is 11.1 Å². The van der Waals surface area contributed by atoms with Crippen molar-refractivity contribution in [1.29, 1.82) is 0 Å². The Morgan fingerprint density at radius 3 is 2.70 bits per heavy atom. The molecule has 0 unspecified atom stereocenters. The Hall–Kier alpha value is -1.73. The molecule has 2 aromatic rings. The molecule has 0 saturated heterocycles.